The van der Waals surface area contributed by atoms with Gasteiger partial charge in [0.05, 0.1) is 29.0 Å². The smallest absolute Gasteiger partial charge is 0.378 e. The summed E-state index contributed by atoms with van der Waals surface area (Å²) in [5.74, 6) is -3.62. The first-order chi connectivity index (χ1) is 24.4. The summed E-state index contributed by atoms with van der Waals surface area (Å²) < 4.78 is 102. The van der Waals surface area contributed by atoms with Crippen LogP contribution in [0.1, 0.15) is 66.1 Å². The van der Waals surface area contributed by atoms with E-state index in [0.29, 0.717) is 16.3 Å². The van der Waals surface area contributed by atoms with E-state index >= 15 is 8.78 Å². The number of nitrogens with zero attached hydrogens (tertiary/aromatic N) is 4. The van der Waals surface area contributed by atoms with Gasteiger partial charge in [0.1, 0.15) is 35.2 Å². The molecule has 9 nitrogen and oxygen atoms in total. The van der Waals surface area contributed by atoms with Crippen molar-refractivity contribution < 1.29 is 40.6 Å². The molecule has 1 fully saturated rings. The third-order valence-electron chi connectivity index (χ3n) is 8.90. The van der Waals surface area contributed by atoms with Crippen LogP contribution in [0.2, 0.25) is 0 Å². The Kier molecular flexibility index (Phi) is 8.24. The van der Waals surface area contributed by atoms with Crippen LogP contribution in [0, 0.1) is 29.4 Å². The van der Waals surface area contributed by atoms with Crippen LogP contribution in [0.5, 0.6) is 0 Å². The van der Waals surface area contributed by atoms with Gasteiger partial charge in [-0.15, -0.1) is 0 Å². The number of halogens is 7. The van der Waals surface area contributed by atoms with Gasteiger partial charge in [0.25, 0.3) is 11.5 Å². The molecule has 3 N–H and O–H groups in total. The van der Waals surface area contributed by atoms with Crippen LogP contribution in [0.25, 0.3) is 22.0 Å². The fraction of sp³-hybridized carbons (Fsp3) is 0.306. The molecule has 0 radical (unpaired) electrons. The lowest BCUT2D eigenvalue weighted by Crippen LogP contribution is -2.35. The number of rotatable bonds is 7. The molecule has 0 aliphatic heterocycles. The molecule has 52 heavy (non-hydrogen) atoms. The molecule has 2 aliphatic rings. The second-order valence-corrected chi connectivity index (χ2v) is 13.3. The zero-order valence-electron chi connectivity index (χ0n) is 27.2. The largest absolute Gasteiger partial charge is 0.435 e. The monoisotopic (exact) mass is 724 g/mol. The number of para-hydroxylation sites is 1. The van der Waals surface area contributed by atoms with Crippen LogP contribution in [-0.2, 0) is 29.9 Å². The van der Waals surface area contributed by atoms with Crippen molar-refractivity contribution >= 4 is 16.8 Å². The summed E-state index contributed by atoms with van der Waals surface area (Å²) >= 11 is 0. The number of hydrogen-bond donors (Lipinski definition) is 3. The minimum absolute atomic E-state index is 0.0170. The van der Waals surface area contributed by atoms with Crippen LogP contribution in [-0.4, -0.2) is 41.3 Å². The number of hydrogen-bond acceptors (Lipinski definition) is 6. The number of amides is 1. The molecule has 2 aromatic carbocycles. The number of aromatic nitrogens is 5. The Balaban J connectivity index is 1.36. The van der Waals surface area contributed by atoms with Crippen LogP contribution in [0.3, 0.4) is 0 Å². The van der Waals surface area contributed by atoms with E-state index in [1.165, 1.54) is 32.3 Å². The normalized spacial score (nSPS) is 18.0. The van der Waals surface area contributed by atoms with Crippen molar-refractivity contribution in [3.05, 3.63) is 111 Å². The summed E-state index contributed by atoms with van der Waals surface area (Å²) in [5.41, 5.74) is -4.03. The van der Waals surface area contributed by atoms with E-state index in [9.17, 15) is 36.6 Å². The molecule has 0 unspecified atom stereocenters. The van der Waals surface area contributed by atoms with E-state index in [0.717, 1.165) is 12.1 Å². The average Bonchev–Trinajstić information content (AvgIpc) is 3.70. The Morgan fingerprint density at radius 2 is 1.85 bits per heavy atom. The first kappa shape index (κ1) is 34.9. The highest BCUT2D eigenvalue weighted by Crippen LogP contribution is 2.68. The van der Waals surface area contributed by atoms with Crippen molar-refractivity contribution in [1.82, 2.24) is 30.0 Å². The minimum atomic E-state index is -5.05. The van der Waals surface area contributed by atoms with Crippen LogP contribution in [0.15, 0.2) is 59.7 Å². The molecular formula is C36H27F7N6O3. The van der Waals surface area contributed by atoms with Gasteiger partial charge in [-0.25, -0.2) is 18.7 Å². The van der Waals surface area contributed by atoms with Crippen LogP contribution in [0.4, 0.5) is 30.7 Å². The number of fused-ring (bicyclic) bond motifs is 4. The van der Waals surface area contributed by atoms with Gasteiger partial charge in [0, 0.05) is 28.7 Å². The predicted octanol–water partition coefficient (Wildman–Crippen LogP) is 5.91. The predicted molar refractivity (Wildman–Crippen MR) is 172 cm³/mol. The van der Waals surface area contributed by atoms with Gasteiger partial charge in [-0.1, -0.05) is 18.1 Å². The summed E-state index contributed by atoms with van der Waals surface area (Å²) in [6.07, 6.45) is -4.37. The number of benzene rings is 2. The highest BCUT2D eigenvalue weighted by atomic mass is 19.4. The molecule has 0 saturated heterocycles. The van der Waals surface area contributed by atoms with Gasteiger partial charge in [-0.2, -0.15) is 27.1 Å². The molecule has 268 valence electrons. The summed E-state index contributed by atoms with van der Waals surface area (Å²) in [5, 5.41) is 16.4. The Hall–Kier alpha value is -5.56. The number of alkyl halides is 5. The molecule has 5 aromatic rings. The third-order valence-corrected chi connectivity index (χ3v) is 8.90. The molecule has 0 bridgehead atoms. The van der Waals surface area contributed by atoms with Crippen molar-refractivity contribution in [2.45, 2.75) is 62.9 Å². The van der Waals surface area contributed by atoms with E-state index in [1.807, 2.05) is 0 Å². The fourth-order valence-corrected chi connectivity index (χ4v) is 6.72. The summed E-state index contributed by atoms with van der Waals surface area (Å²) in [6.45, 7) is 1.80. The van der Waals surface area contributed by atoms with Crippen molar-refractivity contribution in [3.63, 3.8) is 0 Å². The first-order valence-electron chi connectivity index (χ1n) is 15.9. The van der Waals surface area contributed by atoms with E-state index in [-0.39, 0.29) is 46.3 Å². The Morgan fingerprint density at radius 3 is 2.54 bits per heavy atom. The SMILES string of the molecule is CC(C)(O)C#Cc1ccc(-c2cccc3c(=O)[nH]cnc23)c([C@H](Cc2cc(F)cc(F)c2)NC(=O)Cn2nc(C(F)(F)F)c3c2C(F)(F)[C@@H]2C[C@H]32)n1. The van der Waals surface area contributed by atoms with Crippen molar-refractivity contribution in [2.24, 2.45) is 5.92 Å². The molecule has 16 heteroatoms. The number of H-pyrrole nitrogens is 1. The highest BCUT2D eigenvalue weighted by molar-refractivity contribution is 5.93. The molecule has 7 rings (SSSR count). The van der Waals surface area contributed by atoms with Crippen molar-refractivity contribution in [3.8, 4) is 23.0 Å². The molecular weight excluding hydrogens is 697 g/mol. The van der Waals surface area contributed by atoms with Crippen molar-refractivity contribution in [1.29, 1.82) is 0 Å². The number of pyridine rings is 1. The maximum absolute atomic E-state index is 15.3. The summed E-state index contributed by atoms with van der Waals surface area (Å²) in [7, 11) is 0. The Labute approximate surface area is 289 Å². The number of aliphatic hydroxyl groups is 1. The lowest BCUT2D eigenvalue weighted by atomic mass is 9.93. The molecule has 3 heterocycles. The molecule has 3 aromatic heterocycles. The molecule has 3 atom stereocenters. The quantitative estimate of drug-likeness (QED) is 0.142. The Morgan fingerprint density at radius 1 is 1.12 bits per heavy atom. The maximum atomic E-state index is 15.3. The zero-order chi connectivity index (χ0) is 37.3. The van der Waals surface area contributed by atoms with E-state index in [1.54, 1.807) is 18.2 Å². The lowest BCUT2D eigenvalue weighted by Gasteiger charge is -2.23. The Bertz CT molecular complexity index is 2370. The van der Waals surface area contributed by atoms with Crippen LogP contribution >= 0.6 is 0 Å². The molecule has 0 spiro atoms. The molecule has 1 saturated carbocycles. The number of nitrogens with one attached hydrogen (secondary N) is 2. The second-order valence-electron chi connectivity index (χ2n) is 13.3. The van der Waals surface area contributed by atoms with Gasteiger partial charge in [-0.05, 0) is 74.4 Å². The van der Waals surface area contributed by atoms with E-state index in [2.05, 4.69) is 37.2 Å². The second kappa shape index (κ2) is 12.3. The van der Waals surface area contributed by atoms with Gasteiger partial charge < -0.3 is 15.4 Å². The first-order valence-corrected chi connectivity index (χ1v) is 15.9. The number of carbonyl (C=O) groups is 1. The average molecular weight is 725 g/mol. The number of aromatic amines is 1. The third kappa shape index (κ3) is 6.52. The summed E-state index contributed by atoms with van der Waals surface area (Å²) in [6, 6.07) is 9.04. The minimum Gasteiger partial charge on any atom is -0.378 e. The van der Waals surface area contributed by atoms with Gasteiger partial charge in [0.2, 0.25) is 5.91 Å². The lowest BCUT2D eigenvalue weighted by molar-refractivity contribution is -0.142. The molecule has 2 aliphatic carbocycles. The maximum Gasteiger partial charge on any atom is 0.435 e. The van der Waals surface area contributed by atoms with Crippen molar-refractivity contribution in [2.75, 3.05) is 0 Å². The van der Waals surface area contributed by atoms with Gasteiger partial charge >= 0.3 is 6.18 Å². The van der Waals surface area contributed by atoms with E-state index < -0.39 is 82.2 Å². The number of carbonyl (C=O) groups excluding carboxylic acids is 1. The fourth-order valence-electron chi connectivity index (χ4n) is 6.72. The standard InChI is InChI=1S/C36H27F7N6O3/c1-34(2,52)9-8-20-6-7-22(21-4-3-5-23-29(21)44-16-45-33(23)51)30(46-20)26(12-17-10-18(37)13-19(38)11-17)47-27(50)15-49-32-28(31(48-49)36(41,42)43)24-14-25(24)35(32,39)40/h3-7,10-11,13,16,24-26,52H,12,14-15H2,1-2H3,(H,47,50)(H,44,45,51)/t24-,25+,26-/m0/s1. The zero-order valence-corrected chi connectivity index (χ0v) is 27.2. The topological polar surface area (TPSA) is 126 Å². The van der Waals surface area contributed by atoms with E-state index in [4.69, 9.17) is 0 Å². The molecule has 1 amide bonds. The summed E-state index contributed by atoms with van der Waals surface area (Å²) in [4.78, 5) is 37.8. The highest BCUT2D eigenvalue weighted by Gasteiger charge is 2.68. The van der Waals surface area contributed by atoms with Gasteiger partial charge in [0.15, 0.2) is 5.69 Å². The van der Waals surface area contributed by atoms with Crippen LogP contribution < -0.4 is 10.9 Å². The van der Waals surface area contributed by atoms with Gasteiger partial charge in [-0.3, -0.25) is 14.3 Å².